The van der Waals surface area contributed by atoms with Crippen molar-refractivity contribution in [3.05, 3.63) is 12.7 Å². The van der Waals surface area contributed by atoms with E-state index in [0.29, 0.717) is 14.6 Å². The van der Waals surface area contributed by atoms with Gasteiger partial charge in [0.2, 0.25) is 0 Å². The average Bonchev–Trinajstić information content (AvgIpc) is 2.00. The van der Waals surface area contributed by atoms with E-state index in [1.54, 1.807) is 13.0 Å². The van der Waals surface area contributed by atoms with Gasteiger partial charge < -0.3 is 0 Å². The van der Waals surface area contributed by atoms with Gasteiger partial charge in [-0.15, -0.1) is 0 Å². The number of ether oxygens (including phenoxy) is 1. The van der Waals surface area contributed by atoms with Crippen LogP contribution in [-0.4, -0.2) is 11.9 Å². The molecule has 0 spiro atoms. The van der Waals surface area contributed by atoms with E-state index in [9.17, 15) is 0 Å². The van der Waals surface area contributed by atoms with Crippen LogP contribution in [0.4, 0.5) is 0 Å². The van der Waals surface area contributed by atoms with Gasteiger partial charge in [0.05, 0.1) is 0 Å². The second-order valence-electron chi connectivity index (χ2n) is 1.86. The topological polar surface area (TPSA) is 9.23 Å². The molecule has 52 valence electrons. The summed E-state index contributed by atoms with van der Waals surface area (Å²) in [5.74, 6) is 2.46. The molecule has 0 heterocycles. The summed E-state index contributed by atoms with van der Waals surface area (Å²) < 4.78 is 5.19. The Bertz CT molecular complexity index is 180. The van der Waals surface area contributed by atoms with Crippen molar-refractivity contribution in [1.29, 1.82) is 0 Å². The van der Waals surface area contributed by atoms with Crippen molar-refractivity contribution < 1.29 is 4.74 Å². The van der Waals surface area contributed by atoms with Crippen molar-refractivity contribution in [2.24, 2.45) is 0 Å². The van der Waals surface area contributed by atoms with Crippen LogP contribution in [0.5, 0.6) is 0 Å². The first-order valence-corrected chi connectivity index (χ1v) is 3.79. The van der Waals surface area contributed by atoms with Crippen LogP contribution < -0.4 is 0 Å². The van der Waals surface area contributed by atoms with E-state index in [-0.39, 0.29) is 0 Å². The van der Waals surface area contributed by atoms with E-state index >= 15 is 0 Å². The van der Waals surface area contributed by atoms with Crippen LogP contribution in [0.3, 0.4) is 0 Å². The molecule has 0 bridgehead atoms. The zero-order valence-corrected chi connectivity index (χ0v) is 6.90. The molecule has 1 nitrogen and oxygen atoms in total. The monoisotopic (exact) mass is 153 g/mol. The van der Waals surface area contributed by atoms with E-state index in [0.717, 1.165) is 0 Å². The van der Waals surface area contributed by atoms with Gasteiger partial charge in [-0.3, -0.25) is 0 Å². The van der Waals surface area contributed by atoms with Gasteiger partial charge in [-0.1, -0.05) is 0 Å². The van der Waals surface area contributed by atoms with Gasteiger partial charge in [0.1, 0.15) is 0 Å². The van der Waals surface area contributed by atoms with Crippen LogP contribution in [-0.2, 0) is 4.74 Å². The Morgan fingerprint density at radius 1 is 1.90 bits per heavy atom. The van der Waals surface area contributed by atoms with Gasteiger partial charge in [-0.05, 0) is 0 Å². The molecule has 1 atom stereocenters. The molecule has 0 aliphatic carbocycles. The molecule has 0 aromatic carbocycles. The summed E-state index contributed by atoms with van der Waals surface area (Å²) in [7, 11) is 0.556. The van der Waals surface area contributed by atoms with Crippen LogP contribution in [0.25, 0.3) is 0 Å². The standard InChI is InChI=1S/C8H10OP/c1-5-7-9-8(3,6-2)10-4/h2,4-5H,1,7H2,3H3/q+1. The first kappa shape index (κ1) is 9.47. The minimum absolute atomic E-state index is 0.435. The van der Waals surface area contributed by atoms with Crippen molar-refractivity contribution in [3.8, 4) is 18.5 Å². The van der Waals surface area contributed by atoms with E-state index in [1.807, 2.05) is 0 Å². The maximum atomic E-state index is 5.33. The van der Waals surface area contributed by atoms with Crippen LogP contribution >= 0.6 is 8.04 Å². The Balaban J connectivity index is 4.00. The van der Waals surface area contributed by atoms with Gasteiger partial charge in [-0.25, -0.2) is 0 Å². The molecule has 0 aliphatic heterocycles. The molecule has 2 heteroatoms. The van der Waals surface area contributed by atoms with Crippen LogP contribution in [0, 0.1) is 18.5 Å². The minimum atomic E-state index is -0.659. The fourth-order valence-electron chi connectivity index (χ4n) is 0.337. The Morgan fingerprint density at radius 2 is 2.50 bits per heavy atom. The van der Waals surface area contributed by atoms with Gasteiger partial charge in [0, 0.05) is 0 Å². The summed E-state index contributed by atoms with van der Waals surface area (Å²) in [6.07, 6.45) is 12.1. The van der Waals surface area contributed by atoms with Gasteiger partial charge in [0.25, 0.3) is 0 Å². The van der Waals surface area contributed by atoms with Gasteiger partial charge >= 0.3 is 62.8 Å². The Kier molecular flexibility index (Phi) is 4.08. The van der Waals surface area contributed by atoms with E-state index in [1.165, 1.54) is 0 Å². The van der Waals surface area contributed by atoms with Crippen molar-refractivity contribution >= 4 is 8.04 Å². The Labute approximate surface area is 63.6 Å². The summed E-state index contributed by atoms with van der Waals surface area (Å²) in [6.45, 7) is 5.69. The molecule has 0 saturated carbocycles. The summed E-state index contributed by atoms with van der Waals surface area (Å²) in [4.78, 5) is 0. The first-order valence-electron chi connectivity index (χ1n) is 2.83. The number of hydrogen-bond acceptors (Lipinski definition) is 1. The third kappa shape index (κ3) is 2.85. The molecule has 0 aromatic heterocycles. The zero-order valence-electron chi connectivity index (χ0n) is 6.00. The normalized spacial score (nSPS) is 14.7. The molecule has 0 saturated heterocycles. The predicted octanol–water partition coefficient (Wildman–Crippen LogP) is 2.07. The SMILES string of the molecule is C#CC(C)(OCC=C)[P+]#C. The molecule has 0 aromatic rings. The second-order valence-corrected chi connectivity index (χ2v) is 2.97. The van der Waals surface area contributed by atoms with Crippen molar-refractivity contribution in [1.82, 2.24) is 0 Å². The fraction of sp³-hybridized carbons (Fsp3) is 0.375. The summed E-state index contributed by atoms with van der Waals surface area (Å²) >= 11 is 0. The zero-order chi connectivity index (χ0) is 8.04. The number of hydrogen-bond donors (Lipinski definition) is 0. The maximum absolute atomic E-state index is 5.33. The molecule has 1 unspecified atom stereocenters. The number of rotatable bonds is 3. The molecule has 0 amide bonds. The predicted molar refractivity (Wildman–Crippen MR) is 45.3 cm³/mol. The third-order valence-corrected chi connectivity index (χ3v) is 1.75. The van der Waals surface area contributed by atoms with E-state index in [2.05, 4.69) is 12.5 Å². The van der Waals surface area contributed by atoms with Crippen molar-refractivity contribution in [2.45, 2.75) is 12.3 Å². The third-order valence-electron chi connectivity index (χ3n) is 0.996. The van der Waals surface area contributed by atoms with E-state index < -0.39 is 5.34 Å². The molecule has 0 rings (SSSR count). The van der Waals surface area contributed by atoms with Gasteiger partial charge in [0.15, 0.2) is 0 Å². The first-order chi connectivity index (χ1) is 4.68. The molecular weight excluding hydrogens is 143 g/mol. The Hall–Kier alpha value is -0.530. The molecule has 0 fully saturated rings. The van der Waals surface area contributed by atoms with Gasteiger partial charge in [-0.2, -0.15) is 0 Å². The summed E-state index contributed by atoms with van der Waals surface area (Å²) in [5, 5.41) is -0.659. The van der Waals surface area contributed by atoms with E-state index in [4.69, 9.17) is 17.3 Å². The average molecular weight is 153 g/mol. The second kappa shape index (κ2) is 4.31. The molecular formula is C8H10OP+. The van der Waals surface area contributed by atoms with Crippen LogP contribution in [0.15, 0.2) is 12.7 Å². The van der Waals surface area contributed by atoms with Crippen molar-refractivity contribution in [3.63, 3.8) is 0 Å². The van der Waals surface area contributed by atoms with Crippen molar-refractivity contribution in [2.75, 3.05) is 6.61 Å². The summed E-state index contributed by atoms with van der Waals surface area (Å²) in [5.41, 5.74) is 0. The molecule has 0 aliphatic rings. The fourth-order valence-corrected chi connectivity index (χ4v) is 0.561. The Morgan fingerprint density at radius 3 is 2.80 bits per heavy atom. The summed E-state index contributed by atoms with van der Waals surface area (Å²) in [6, 6.07) is 0. The van der Waals surface area contributed by atoms with Crippen LogP contribution in [0.1, 0.15) is 6.92 Å². The quantitative estimate of drug-likeness (QED) is 0.342. The molecule has 10 heavy (non-hydrogen) atoms. The number of terminal acetylenes is 1. The molecule has 0 radical (unpaired) electrons. The molecule has 0 N–H and O–H groups in total. The van der Waals surface area contributed by atoms with Crippen LogP contribution in [0.2, 0.25) is 0 Å².